The first-order valence-corrected chi connectivity index (χ1v) is 8.21. The van der Waals surface area contributed by atoms with Gasteiger partial charge >= 0.3 is 0 Å². The summed E-state index contributed by atoms with van der Waals surface area (Å²) in [5.74, 6) is 0. The second-order valence-electron chi connectivity index (χ2n) is 8.06. The molecule has 0 radical (unpaired) electrons. The van der Waals surface area contributed by atoms with Gasteiger partial charge in [0.1, 0.15) is 0 Å². The van der Waals surface area contributed by atoms with Gasteiger partial charge in [-0.3, -0.25) is 0 Å². The lowest BCUT2D eigenvalue weighted by Crippen LogP contribution is -2.33. The minimum atomic E-state index is 0.292. The molecule has 0 aromatic heterocycles. The third kappa shape index (κ3) is 2.57. The molecule has 21 heavy (non-hydrogen) atoms. The molecule has 0 spiro atoms. The van der Waals surface area contributed by atoms with Gasteiger partial charge < -0.3 is 4.74 Å². The van der Waals surface area contributed by atoms with Crippen LogP contribution in [0.5, 0.6) is 0 Å². The first-order chi connectivity index (χ1) is 9.83. The quantitative estimate of drug-likeness (QED) is 0.722. The van der Waals surface area contributed by atoms with Crippen molar-refractivity contribution in [1.29, 1.82) is 0 Å². The smallest absolute Gasteiger partial charge is 0.0646 e. The summed E-state index contributed by atoms with van der Waals surface area (Å²) in [5, 5.41) is 0. The normalized spacial score (nSPS) is 26.3. The lowest BCUT2D eigenvalue weighted by molar-refractivity contribution is 0.115. The van der Waals surface area contributed by atoms with Crippen molar-refractivity contribution in [2.24, 2.45) is 0 Å². The molecule has 0 bridgehead atoms. The number of fused-ring (bicyclic) bond motifs is 1. The molecule has 1 heteroatoms. The predicted molar refractivity (Wildman–Crippen MR) is 89.7 cm³/mol. The van der Waals surface area contributed by atoms with Crippen LogP contribution < -0.4 is 0 Å². The average molecular weight is 284 g/mol. The zero-order chi connectivity index (χ0) is 15.3. The summed E-state index contributed by atoms with van der Waals surface area (Å²) in [6, 6.07) is 7.17. The van der Waals surface area contributed by atoms with Crippen LogP contribution in [0, 0.1) is 0 Å². The van der Waals surface area contributed by atoms with Crippen molar-refractivity contribution in [3.05, 3.63) is 41.0 Å². The molecule has 1 unspecified atom stereocenters. The minimum absolute atomic E-state index is 0.292. The van der Waals surface area contributed by atoms with E-state index in [2.05, 4.69) is 52.0 Å². The van der Waals surface area contributed by atoms with Crippen molar-refractivity contribution in [3.8, 4) is 0 Å². The van der Waals surface area contributed by atoms with Crippen LogP contribution in [0.4, 0.5) is 0 Å². The van der Waals surface area contributed by atoms with E-state index in [1.54, 1.807) is 11.1 Å². The van der Waals surface area contributed by atoms with Gasteiger partial charge in [0, 0.05) is 7.11 Å². The number of ether oxygens (including phenoxy) is 1. The zero-order valence-corrected chi connectivity index (χ0v) is 14.1. The molecular formula is C20H28O. The van der Waals surface area contributed by atoms with Gasteiger partial charge in [-0.05, 0) is 58.8 Å². The largest absolute Gasteiger partial charge is 0.381 e. The van der Waals surface area contributed by atoms with Crippen LogP contribution in [0.1, 0.15) is 70.1 Å². The number of methoxy groups -OCH3 is 1. The average Bonchev–Trinajstić information content (AvgIpc) is 2.93. The Morgan fingerprint density at radius 3 is 2.29 bits per heavy atom. The van der Waals surface area contributed by atoms with Gasteiger partial charge in [0.2, 0.25) is 0 Å². The Balaban J connectivity index is 2.01. The van der Waals surface area contributed by atoms with E-state index in [9.17, 15) is 0 Å². The van der Waals surface area contributed by atoms with Crippen molar-refractivity contribution >= 4 is 5.57 Å². The Hall–Kier alpha value is -1.08. The summed E-state index contributed by atoms with van der Waals surface area (Å²) in [7, 11) is 1.82. The summed E-state index contributed by atoms with van der Waals surface area (Å²) >= 11 is 0. The van der Waals surface area contributed by atoms with Crippen LogP contribution in [0.3, 0.4) is 0 Å². The molecule has 0 amide bonds. The fourth-order valence-electron chi connectivity index (χ4n) is 3.89. The van der Waals surface area contributed by atoms with Crippen molar-refractivity contribution in [2.75, 3.05) is 7.11 Å². The lowest BCUT2D eigenvalue weighted by Gasteiger charge is -2.42. The highest BCUT2D eigenvalue weighted by Gasteiger charge is 2.37. The fourth-order valence-corrected chi connectivity index (χ4v) is 3.89. The molecule has 0 saturated heterocycles. The van der Waals surface area contributed by atoms with Crippen LogP contribution in [-0.4, -0.2) is 13.2 Å². The Labute approximate surface area is 129 Å². The standard InChI is InChI=1S/C20H28O/c1-19(2)10-11-20(3,4)18-13-15(7-9-17(18)19)14-6-8-16(12-14)21-5/h6-7,9,13,16H,8,10-12H2,1-5H3. The van der Waals surface area contributed by atoms with Gasteiger partial charge in [-0.15, -0.1) is 0 Å². The Morgan fingerprint density at radius 1 is 1.00 bits per heavy atom. The maximum absolute atomic E-state index is 5.50. The summed E-state index contributed by atoms with van der Waals surface area (Å²) in [4.78, 5) is 0. The van der Waals surface area contributed by atoms with E-state index in [-0.39, 0.29) is 0 Å². The van der Waals surface area contributed by atoms with Crippen LogP contribution in [0.2, 0.25) is 0 Å². The highest BCUT2D eigenvalue weighted by molar-refractivity contribution is 5.69. The van der Waals surface area contributed by atoms with Crippen molar-refractivity contribution < 1.29 is 4.74 Å². The highest BCUT2D eigenvalue weighted by atomic mass is 16.5. The topological polar surface area (TPSA) is 9.23 Å². The monoisotopic (exact) mass is 284 g/mol. The maximum Gasteiger partial charge on any atom is 0.0646 e. The molecule has 114 valence electrons. The minimum Gasteiger partial charge on any atom is -0.381 e. The molecule has 2 aliphatic rings. The number of benzene rings is 1. The van der Waals surface area contributed by atoms with Gasteiger partial charge in [-0.25, -0.2) is 0 Å². The van der Waals surface area contributed by atoms with Crippen LogP contribution in [0.25, 0.3) is 5.57 Å². The molecular weight excluding hydrogens is 256 g/mol. The molecule has 0 heterocycles. The van der Waals surface area contributed by atoms with Crippen LogP contribution in [0.15, 0.2) is 24.3 Å². The van der Waals surface area contributed by atoms with Crippen LogP contribution in [-0.2, 0) is 15.6 Å². The highest BCUT2D eigenvalue weighted by Crippen LogP contribution is 2.46. The molecule has 1 aromatic carbocycles. The zero-order valence-electron chi connectivity index (χ0n) is 14.1. The number of hydrogen-bond acceptors (Lipinski definition) is 1. The van der Waals surface area contributed by atoms with Crippen molar-refractivity contribution in [1.82, 2.24) is 0 Å². The van der Waals surface area contributed by atoms with E-state index in [1.807, 2.05) is 7.11 Å². The second-order valence-corrected chi connectivity index (χ2v) is 8.06. The maximum atomic E-state index is 5.50. The molecule has 1 aromatic rings. The van der Waals surface area contributed by atoms with Gasteiger partial charge in [0.05, 0.1) is 6.10 Å². The summed E-state index contributed by atoms with van der Waals surface area (Å²) in [6.07, 6.45) is 7.39. The van der Waals surface area contributed by atoms with Crippen molar-refractivity contribution in [3.63, 3.8) is 0 Å². The Morgan fingerprint density at radius 2 is 1.67 bits per heavy atom. The van der Waals surface area contributed by atoms with E-state index < -0.39 is 0 Å². The first kappa shape index (κ1) is 14.8. The molecule has 0 N–H and O–H groups in total. The van der Waals surface area contributed by atoms with Crippen LogP contribution >= 0.6 is 0 Å². The molecule has 0 aliphatic heterocycles. The van der Waals surface area contributed by atoms with E-state index in [4.69, 9.17) is 4.74 Å². The van der Waals surface area contributed by atoms with Crippen molar-refractivity contribution in [2.45, 2.75) is 70.3 Å². The molecule has 3 rings (SSSR count). The summed E-state index contributed by atoms with van der Waals surface area (Å²) in [5.41, 5.74) is 6.56. The van der Waals surface area contributed by atoms with E-state index in [0.717, 1.165) is 12.8 Å². The molecule has 1 atom stereocenters. The van der Waals surface area contributed by atoms with Gasteiger partial charge in [0.25, 0.3) is 0 Å². The van der Waals surface area contributed by atoms with Gasteiger partial charge in [-0.1, -0.05) is 52.0 Å². The van der Waals surface area contributed by atoms with E-state index in [0.29, 0.717) is 16.9 Å². The predicted octanol–water partition coefficient (Wildman–Crippen LogP) is 5.23. The second kappa shape index (κ2) is 4.98. The molecule has 2 aliphatic carbocycles. The lowest BCUT2D eigenvalue weighted by atomic mass is 9.63. The third-order valence-electron chi connectivity index (χ3n) is 5.63. The fraction of sp³-hybridized carbons (Fsp3) is 0.600. The number of hydrogen-bond donors (Lipinski definition) is 0. The Bertz CT molecular complexity index is 578. The van der Waals surface area contributed by atoms with Gasteiger partial charge in [-0.2, -0.15) is 0 Å². The number of rotatable bonds is 2. The van der Waals surface area contributed by atoms with E-state index in [1.165, 1.54) is 24.0 Å². The van der Waals surface area contributed by atoms with E-state index >= 15 is 0 Å². The summed E-state index contributed by atoms with van der Waals surface area (Å²) in [6.45, 7) is 9.56. The molecule has 0 fully saturated rings. The van der Waals surface area contributed by atoms with Gasteiger partial charge in [0.15, 0.2) is 0 Å². The third-order valence-corrected chi connectivity index (χ3v) is 5.63. The molecule has 1 nitrogen and oxygen atoms in total. The SMILES string of the molecule is COC1CC=C(c2ccc3c(c2)C(C)(C)CCC3(C)C)C1. The summed E-state index contributed by atoms with van der Waals surface area (Å²) < 4.78 is 5.50. The molecule has 0 saturated carbocycles. The Kier molecular flexibility index (Phi) is 3.52. The first-order valence-electron chi connectivity index (χ1n) is 8.21.